The predicted molar refractivity (Wildman–Crippen MR) is 84.7 cm³/mol. The summed E-state index contributed by atoms with van der Waals surface area (Å²) in [5, 5.41) is 9.21. The molecule has 1 N–H and O–H groups in total. The molecule has 1 aromatic carbocycles. The monoisotopic (exact) mass is 274 g/mol. The average Bonchev–Trinajstić information content (AvgIpc) is 2.86. The van der Waals surface area contributed by atoms with Gasteiger partial charge in [0.05, 0.1) is 6.61 Å². The molecule has 1 aliphatic rings. The van der Waals surface area contributed by atoms with Crippen molar-refractivity contribution in [2.45, 2.75) is 18.9 Å². The third-order valence-corrected chi connectivity index (χ3v) is 4.03. The molecule has 1 heterocycles. The van der Waals surface area contributed by atoms with E-state index in [1.807, 2.05) is 6.07 Å². The van der Waals surface area contributed by atoms with Crippen LogP contribution in [0, 0.1) is 0 Å². The summed E-state index contributed by atoms with van der Waals surface area (Å²) >= 11 is 0. The molecule has 0 unspecified atom stereocenters. The molecule has 20 heavy (non-hydrogen) atoms. The Hall–Kier alpha value is -1.16. The van der Waals surface area contributed by atoms with Crippen molar-refractivity contribution in [2.75, 3.05) is 39.8 Å². The molecule has 2 rings (SSSR count). The van der Waals surface area contributed by atoms with Crippen LogP contribution in [0.25, 0.3) is 6.08 Å². The Morgan fingerprint density at radius 2 is 2.15 bits per heavy atom. The van der Waals surface area contributed by atoms with E-state index in [0.29, 0.717) is 6.04 Å². The van der Waals surface area contributed by atoms with E-state index in [0.717, 1.165) is 19.6 Å². The van der Waals surface area contributed by atoms with Crippen LogP contribution in [0.3, 0.4) is 0 Å². The number of aliphatic hydroxyl groups is 1. The molecule has 0 aliphatic carbocycles. The summed E-state index contributed by atoms with van der Waals surface area (Å²) in [6.45, 7) is 4.15. The molecule has 0 radical (unpaired) electrons. The maximum Gasteiger partial charge on any atom is 0.0558 e. The van der Waals surface area contributed by atoms with Crippen LogP contribution in [0.5, 0.6) is 0 Å². The summed E-state index contributed by atoms with van der Waals surface area (Å²) in [5.74, 6) is 0. The van der Waals surface area contributed by atoms with Crippen molar-refractivity contribution in [1.82, 2.24) is 9.80 Å². The van der Waals surface area contributed by atoms with Gasteiger partial charge in [-0.15, -0.1) is 0 Å². The van der Waals surface area contributed by atoms with Gasteiger partial charge in [-0.25, -0.2) is 0 Å². The largest absolute Gasteiger partial charge is 0.395 e. The van der Waals surface area contributed by atoms with E-state index in [1.54, 1.807) is 0 Å². The first-order valence-corrected chi connectivity index (χ1v) is 7.54. The molecule has 0 aromatic heterocycles. The van der Waals surface area contributed by atoms with E-state index in [2.05, 4.69) is 53.3 Å². The number of likely N-dealkylation sites (tertiary alicyclic amines) is 1. The Bertz CT molecular complexity index is 405. The molecule has 3 nitrogen and oxygen atoms in total. The summed E-state index contributed by atoms with van der Waals surface area (Å²) in [6.07, 6.45) is 6.93. The highest BCUT2D eigenvalue weighted by molar-refractivity contribution is 5.48. The van der Waals surface area contributed by atoms with Crippen LogP contribution in [0.1, 0.15) is 18.4 Å². The van der Waals surface area contributed by atoms with Crippen molar-refractivity contribution < 1.29 is 5.11 Å². The van der Waals surface area contributed by atoms with Crippen LogP contribution in [-0.2, 0) is 0 Å². The number of likely N-dealkylation sites (N-methyl/N-ethyl adjacent to an activating group) is 1. The minimum atomic E-state index is 0.232. The lowest BCUT2D eigenvalue weighted by Crippen LogP contribution is -2.39. The molecule has 1 fully saturated rings. The van der Waals surface area contributed by atoms with Crippen molar-refractivity contribution >= 4 is 6.08 Å². The Kier molecular flexibility index (Phi) is 6.25. The molecule has 110 valence electrons. The van der Waals surface area contributed by atoms with E-state index >= 15 is 0 Å². The molecule has 0 saturated carbocycles. The molecule has 1 aliphatic heterocycles. The van der Waals surface area contributed by atoms with Gasteiger partial charge in [0, 0.05) is 25.7 Å². The van der Waals surface area contributed by atoms with Gasteiger partial charge in [-0.3, -0.25) is 4.90 Å². The smallest absolute Gasteiger partial charge is 0.0558 e. The zero-order valence-electron chi connectivity index (χ0n) is 12.4. The van der Waals surface area contributed by atoms with E-state index in [4.69, 9.17) is 0 Å². The van der Waals surface area contributed by atoms with E-state index in [-0.39, 0.29) is 6.61 Å². The minimum Gasteiger partial charge on any atom is -0.395 e. The van der Waals surface area contributed by atoms with Gasteiger partial charge in [-0.1, -0.05) is 42.5 Å². The SMILES string of the molecule is CN1CCC[C@@H]1CN(C/C=C/c1ccccc1)CCO. The highest BCUT2D eigenvalue weighted by Gasteiger charge is 2.22. The fourth-order valence-electron chi connectivity index (χ4n) is 2.81. The zero-order valence-corrected chi connectivity index (χ0v) is 12.4. The maximum atomic E-state index is 9.21. The standard InChI is InChI=1S/C17H26N2O/c1-18-11-6-10-17(18)15-19(13-14-20)12-5-9-16-7-3-2-4-8-16/h2-5,7-9,17,20H,6,10-15H2,1H3/b9-5+/t17-/m1/s1. The zero-order chi connectivity index (χ0) is 14.2. The lowest BCUT2D eigenvalue weighted by Gasteiger charge is -2.27. The van der Waals surface area contributed by atoms with Crippen LogP contribution in [-0.4, -0.2) is 60.8 Å². The normalized spacial score (nSPS) is 20.2. The van der Waals surface area contributed by atoms with Crippen molar-refractivity contribution in [1.29, 1.82) is 0 Å². The second-order valence-electron chi connectivity index (χ2n) is 5.57. The van der Waals surface area contributed by atoms with Crippen LogP contribution in [0.15, 0.2) is 36.4 Å². The summed E-state index contributed by atoms with van der Waals surface area (Å²) < 4.78 is 0. The Morgan fingerprint density at radius 3 is 2.80 bits per heavy atom. The number of aliphatic hydroxyl groups excluding tert-OH is 1. The predicted octanol–water partition coefficient (Wildman–Crippen LogP) is 2.09. The van der Waals surface area contributed by atoms with Crippen LogP contribution < -0.4 is 0 Å². The molecular formula is C17H26N2O. The molecular weight excluding hydrogens is 248 g/mol. The average molecular weight is 274 g/mol. The number of rotatable bonds is 7. The number of hydrogen-bond acceptors (Lipinski definition) is 3. The van der Waals surface area contributed by atoms with Crippen molar-refractivity contribution in [3.8, 4) is 0 Å². The van der Waals surface area contributed by atoms with Gasteiger partial charge in [0.15, 0.2) is 0 Å². The number of benzene rings is 1. The van der Waals surface area contributed by atoms with E-state index in [1.165, 1.54) is 24.9 Å². The van der Waals surface area contributed by atoms with Gasteiger partial charge in [-0.2, -0.15) is 0 Å². The van der Waals surface area contributed by atoms with Gasteiger partial charge in [0.1, 0.15) is 0 Å². The lowest BCUT2D eigenvalue weighted by molar-refractivity contribution is 0.169. The van der Waals surface area contributed by atoms with Gasteiger partial charge in [0.2, 0.25) is 0 Å². The second kappa shape index (κ2) is 8.20. The molecule has 0 amide bonds. The summed E-state index contributed by atoms with van der Waals surface area (Å²) in [4.78, 5) is 4.78. The number of nitrogens with zero attached hydrogens (tertiary/aromatic N) is 2. The summed E-state index contributed by atoms with van der Waals surface area (Å²) in [6, 6.07) is 11.0. The molecule has 1 saturated heterocycles. The van der Waals surface area contributed by atoms with E-state index < -0.39 is 0 Å². The van der Waals surface area contributed by atoms with Gasteiger partial charge < -0.3 is 10.0 Å². The highest BCUT2D eigenvalue weighted by Crippen LogP contribution is 2.15. The lowest BCUT2D eigenvalue weighted by atomic mass is 10.2. The van der Waals surface area contributed by atoms with Crippen LogP contribution in [0.2, 0.25) is 0 Å². The fourth-order valence-corrected chi connectivity index (χ4v) is 2.81. The first kappa shape index (κ1) is 15.2. The maximum absolute atomic E-state index is 9.21. The van der Waals surface area contributed by atoms with Gasteiger partial charge in [0.25, 0.3) is 0 Å². The Labute approximate surface area is 122 Å². The van der Waals surface area contributed by atoms with Crippen molar-refractivity contribution in [3.63, 3.8) is 0 Å². The molecule has 3 heteroatoms. The second-order valence-corrected chi connectivity index (χ2v) is 5.57. The fraction of sp³-hybridized carbons (Fsp3) is 0.529. The quantitative estimate of drug-likeness (QED) is 0.825. The Balaban J connectivity index is 1.84. The first-order chi connectivity index (χ1) is 9.79. The van der Waals surface area contributed by atoms with Crippen LogP contribution >= 0.6 is 0 Å². The topological polar surface area (TPSA) is 26.7 Å². The Morgan fingerprint density at radius 1 is 1.35 bits per heavy atom. The summed E-state index contributed by atoms with van der Waals surface area (Å²) in [5.41, 5.74) is 1.23. The highest BCUT2D eigenvalue weighted by atomic mass is 16.3. The summed E-state index contributed by atoms with van der Waals surface area (Å²) in [7, 11) is 2.20. The number of hydrogen-bond donors (Lipinski definition) is 1. The minimum absolute atomic E-state index is 0.232. The molecule has 0 bridgehead atoms. The third-order valence-electron chi connectivity index (χ3n) is 4.03. The van der Waals surface area contributed by atoms with E-state index in [9.17, 15) is 5.11 Å². The van der Waals surface area contributed by atoms with Crippen molar-refractivity contribution in [2.24, 2.45) is 0 Å². The van der Waals surface area contributed by atoms with Gasteiger partial charge >= 0.3 is 0 Å². The molecule has 1 aromatic rings. The molecule has 1 atom stereocenters. The first-order valence-electron chi connectivity index (χ1n) is 7.54. The van der Waals surface area contributed by atoms with Crippen LogP contribution in [0.4, 0.5) is 0 Å². The molecule has 0 spiro atoms. The third kappa shape index (κ3) is 4.75. The van der Waals surface area contributed by atoms with Gasteiger partial charge in [-0.05, 0) is 32.0 Å². The van der Waals surface area contributed by atoms with Crippen molar-refractivity contribution in [3.05, 3.63) is 42.0 Å².